The number of carbonyl (C=O) groups excluding carboxylic acids is 1. The third-order valence-corrected chi connectivity index (χ3v) is 7.32. The van der Waals surface area contributed by atoms with E-state index in [-0.39, 0.29) is 23.7 Å². The van der Waals surface area contributed by atoms with Crippen LogP contribution in [-0.2, 0) is 4.79 Å². The minimum absolute atomic E-state index is 0.0895. The van der Waals surface area contributed by atoms with E-state index < -0.39 is 11.2 Å². The van der Waals surface area contributed by atoms with Crippen LogP contribution in [0, 0.1) is 17.2 Å². The van der Waals surface area contributed by atoms with E-state index in [0.717, 1.165) is 44.2 Å². The molecule has 8 heteroatoms. The number of anilines is 3. The maximum absolute atomic E-state index is 14.6. The highest BCUT2D eigenvalue weighted by molar-refractivity contribution is 5.83. The number of nitrogens with two attached hydrogens (primary N) is 1. The zero-order valence-corrected chi connectivity index (χ0v) is 18.0. The molecular weight excluding hydrogens is 407 g/mol. The normalized spacial score (nSPS) is 27.3. The number of primary amides is 1. The summed E-state index contributed by atoms with van der Waals surface area (Å²) in [6.45, 7) is 2.11. The third-order valence-electron chi connectivity index (χ3n) is 7.32. The van der Waals surface area contributed by atoms with Crippen molar-refractivity contribution in [3.05, 3.63) is 54.0 Å². The Morgan fingerprint density at radius 2 is 1.97 bits per heavy atom. The summed E-state index contributed by atoms with van der Waals surface area (Å²) in [6, 6.07) is 8.00. The van der Waals surface area contributed by atoms with Crippen LogP contribution in [0.25, 0.3) is 0 Å². The summed E-state index contributed by atoms with van der Waals surface area (Å²) in [5, 5.41) is 9.74. The van der Waals surface area contributed by atoms with Crippen molar-refractivity contribution in [2.24, 2.45) is 17.1 Å². The van der Waals surface area contributed by atoms with Crippen LogP contribution in [0.4, 0.5) is 21.8 Å². The minimum atomic E-state index is -0.700. The Bertz CT molecular complexity index is 1020. The van der Waals surface area contributed by atoms with Crippen LogP contribution in [0.3, 0.4) is 0 Å². The van der Waals surface area contributed by atoms with Gasteiger partial charge in [0.25, 0.3) is 0 Å². The van der Waals surface area contributed by atoms with Gasteiger partial charge in [0.2, 0.25) is 11.9 Å². The van der Waals surface area contributed by atoms with E-state index in [4.69, 9.17) is 5.73 Å². The SMILES string of the molecule is NC(=O)C12CC=CC(CC1)C2Nc1nc(Nc2ccc(C3CCNCC3)cc2)ncc1F. The third kappa shape index (κ3) is 3.83. The molecular formula is C24H29FN6O. The van der Waals surface area contributed by atoms with Gasteiger partial charge >= 0.3 is 0 Å². The van der Waals surface area contributed by atoms with Crippen molar-refractivity contribution in [1.29, 1.82) is 0 Å². The van der Waals surface area contributed by atoms with Gasteiger partial charge in [-0.3, -0.25) is 4.79 Å². The zero-order valence-electron chi connectivity index (χ0n) is 18.0. The first-order valence-electron chi connectivity index (χ1n) is 11.4. The van der Waals surface area contributed by atoms with Crippen molar-refractivity contribution in [3.8, 4) is 0 Å². The predicted molar refractivity (Wildman–Crippen MR) is 122 cm³/mol. The average Bonchev–Trinajstić information content (AvgIpc) is 3.00. The van der Waals surface area contributed by atoms with Gasteiger partial charge in [-0.15, -0.1) is 0 Å². The van der Waals surface area contributed by atoms with E-state index in [2.05, 4.69) is 44.1 Å². The molecule has 5 N–H and O–H groups in total. The molecule has 3 unspecified atom stereocenters. The van der Waals surface area contributed by atoms with Crippen LogP contribution in [-0.4, -0.2) is 35.0 Å². The van der Waals surface area contributed by atoms with Gasteiger partial charge in [0.1, 0.15) is 0 Å². The number of hydrogen-bond donors (Lipinski definition) is 4. The number of benzene rings is 1. The van der Waals surface area contributed by atoms with Crippen molar-refractivity contribution in [3.63, 3.8) is 0 Å². The quantitative estimate of drug-likeness (QED) is 0.517. The Balaban J connectivity index is 1.32. The minimum Gasteiger partial charge on any atom is -0.369 e. The van der Waals surface area contributed by atoms with E-state index >= 15 is 0 Å². The molecule has 1 aromatic carbocycles. The van der Waals surface area contributed by atoms with Gasteiger partial charge in [-0.2, -0.15) is 4.98 Å². The summed E-state index contributed by atoms with van der Waals surface area (Å²) >= 11 is 0. The van der Waals surface area contributed by atoms with Crippen LogP contribution >= 0.6 is 0 Å². The van der Waals surface area contributed by atoms with Gasteiger partial charge in [0.15, 0.2) is 11.6 Å². The molecule has 7 nitrogen and oxygen atoms in total. The first-order valence-corrected chi connectivity index (χ1v) is 11.4. The molecule has 1 saturated heterocycles. The van der Waals surface area contributed by atoms with Crippen LogP contribution in [0.5, 0.6) is 0 Å². The van der Waals surface area contributed by atoms with Crippen LogP contribution in [0.1, 0.15) is 43.6 Å². The summed E-state index contributed by atoms with van der Waals surface area (Å²) in [6.07, 6.45) is 9.65. The molecule has 2 aliphatic carbocycles. The topological polar surface area (TPSA) is 105 Å². The number of carbonyl (C=O) groups is 1. The van der Waals surface area contributed by atoms with Gasteiger partial charge in [-0.05, 0) is 74.7 Å². The number of piperidine rings is 1. The van der Waals surface area contributed by atoms with Crippen LogP contribution < -0.4 is 21.7 Å². The fourth-order valence-electron chi connectivity index (χ4n) is 5.47. The summed E-state index contributed by atoms with van der Waals surface area (Å²) in [5.74, 6) is 0.209. The number of aromatic nitrogens is 2. The van der Waals surface area contributed by atoms with E-state index in [1.165, 1.54) is 5.56 Å². The maximum atomic E-state index is 14.6. The van der Waals surface area contributed by atoms with Crippen LogP contribution in [0.2, 0.25) is 0 Å². The Labute approximate surface area is 187 Å². The van der Waals surface area contributed by atoms with Crippen molar-refractivity contribution >= 4 is 23.4 Å². The number of allylic oxidation sites excluding steroid dienone is 1. The number of halogens is 1. The zero-order chi connectivity index (χ0) is 22.1. The van der Waals surface area contributed by atoms with Crippen molar-refractivity contribution in [1.82, 2.24) is 15.3 Å². The highest BCUT2D eigenvalue weighted by atomic mass is 19.1. The predicted octanol–water partition coefficient (Wildman–Crippen LogP) is 3.45. The lowest BCUT2D eigenvalue weighted by molar-refractivity contribution is -0.127. The lowest BCUT2D eigenvalue weighted by atomic mass is 9.74. The monoisotopic (exact) mass is 436 g/mol. The Kier molecular flexibility index (Phi) is 5.55. The fourth-order valence-corrected chi connectivity index (χ4v) is 5.47. The number of fused-ring (bicyclic) bond motifs is 2. The van der Waals surface area contributed by atoms with Gasteiger partial charge in [0.05, 0.1) is 11.6 Å². The molecule has 0 radical (unpaired) electrons. The van der Waals surface area contributed by atoms with Crippen LogP contribution in [0.15, 0.2) is 42.6 Å². The average molecular weight is 437 g/mol. The van der Waals surface area contributed by atoms with Gasteiger partial charge < -0.3 is 21.7 Å². The second-order valence-corrected chi connectivity index (χ2v) is 9.14. The Morgan fingerprint density at radius 3 is 2.72 bits per heavy atom. The number of hydrogen-bond acceptors (Lipinski definition) is 6. The number of amides is 1. The summed E-state index contributed by atoms with van der Waals surface area (Å²) in [4.78, 5) is 20.7. The molecule has 2 fully saturated rings. The molecule has 0 spiro atoms. The fraction of sp³-hybridized carbons (Fsp3) is 0.458. The molecule has 1 saturated carbocycles. The Hall–Kier alpha value is -3.00. The molecule has 1 amide bonds. The largest absolute Gasteiger partial charge is 0.369 e. The van der Waals surface area contributed by atoms with Crippen molar-refractivity contribution in [2.75, 3.05) is 23.7 Å². The van der Waals surface area contributed by atoms with Gasteiger partial charge in [-0.1, -0.05) is 24.3 Å². The second-order valence-electron chi connectivity index (χ2n) is 9.14. The molecule has 168 valence electrons. The molecule has 2 heterocycles. The highest BCUT2D eigenvalue weighted by Gasteiger charge is 2.53. The van der Waals surface area contributed by atoms with E-state index in [1.54, 1.807) is 0 Å². The lowest BCUT2D eigenvalue weighted by Gasteiger charge is -2.36. The molecule has 1 aliphatic heterocycles. The summed E-state index contributed by atoms with van der Waals surface area (Å²) in [7, 11) is 0. The van der Waals surface area contributed by atoms with E-state index in [0.29, 0.717) is 24.7 Å². The molecule has 32 heavy (non-hydrogen) atoms. The summed E-state index contributed by atoms with van der Waals surface area (Å²) in [5.41, 5.74) is 7.24. The van der Waals surface area contributed by atoms with Gasteiger partial charge in [0, 0.05) is 11.7 Å². The lowest BCUT2D eigenvalue weighted by Crippen LogP contribution is -2.49. The molecule has 5 rings (SSSR count). The van der Waals surface area contributed by atoms with E-state index in [1.807, 2.05) is 18.2 Å². The molecule has 3 atom stereocenters. The Morgan fingerprint density at radius 1 is 1.19 bits per heavy atom. The number of nitrogens with one attached hydrogen (secondary N) is 3. The molecule has 2 aromatic rings. The van der Waals surface area contributed by atoms with E-state index in [9.17, 15) is 9.18 Å². The number of rotatable bonds is 6. The molecule has 1 aromatic heterocycles. The second kappa shape index (κ2) is 8.50. The smallest absolute Gasteiger partial charge is 0.229 e. The van der Waals surface area contributed by atoms with Crippen molar-refractivity contribution < 1.29 is 9.18 Å². The first-order chi connectivity index (χ1) is 15.5. The van der Waals surface area contributed by atoms with Gasteiger partial charge in [-0.25, -0.2) is 9.37 Å². The first kappa shape index (κ1) is 20.9. The number of nitrogens with zero attached hydrogens (tertiary/aromatic N) is 2. The van der Waals surface area contributed by atoms with Crippen molar-refractivity contribution in [2.45, 2.75) is 44.1 Å². The molecule has 3 aliphatic rings. The highest BCUT2D eigenvalue weighted by Crippen LogP contribution is 2.49. The molecule has 2 bridgehead atoms. The summed E-state index contributed by atoms with van der Waals surface area (Å²) < 4.78 is 14.6. The maximum Gasteiger partial charge on any atom is 0.229 e. The standard InChI is InChI=1S/C24H29FN6O/c25-19-14-28-23(29-18-5-3-15(4-6-18)16-8-12-27-13-9-16)31-21(19)30-20-17-2-1-10-24(20,11-7-17)22(26)32/h1-6,14,16-17,20,27H,7-13H2,(H2,26,32)(H2,28,29,30,31).